The van der Waals surface area contributed by atoms with Crippen molar-refractivity contribution in [1.82, 2.24) is 10.6 Å². The van der Waals surface area contributed by atoms with Crippen LogP contribution in [0.5, 0.6) is 0 Å². The van der Waals surface area contributed by atoms with Crippen molar-refractivity contribution in [3.05, 3.63) is 23.8 Å². The van der Waals surface area contributed by atoms with E-state index in [1.807, 2.05) is 20.8 Å². The van der Waals surface area contributed by atoms with E-state index in [4.69, 9.17) is 0 Å². The Balaban J connectivity index is 2.88. The molecule has 6 heteroatoms. The van der Waals surface area contributed by atoms with Gasteiger partial charge in [0.15, 0.2) is 0 Å². The molecule has 0 bridgehead atoms. The molecule has 0 aliphatic heterocycles. The first-order valence-corrected chi connectivity index (χ1v) is 9.75. The molecule has 1 aliphatic rings. The number of rotatable bonds is 8. The smallest absolute Gasteiger partial charge is 0.377 e. The van der Waals surface area contributed by atoms with Crippen LogP contribution in [-0.2, 0) is 0 Å². The summed E-state index contributed by atoms with van der Waals surface area (Å²) in [6.07, 6.45) is 1.41. The van der Waals surface area contributed by atoms with E-state index in [0.717, 1.165) is 12.8 Å². The zero-order valence-corrected chi connectivity index (χ0v) is 17.7. The van der Waals surface area contributed by atoms with Crippen LogP contribution in [0.2, 0.25) is 0 Å². The lowest BCUT2D eigenvalue weighted by Crippen LogP contribution is -2.56. The predicted octanol–water partition coefficient (Wildman–Crippen LogP) is 4.79. The number of hydrogen-bond donors (Lipinski definition) is 3. The van der Waals surface area contributed by atoms with E-state index in [-0.39, 0.29) is 17.9 Å². The summed E-state index contributed by atoms with van der Waals surface area (Å²) in [5, 5.41) is 17.1. The van der Waals surface area contributed by atoms with Crippen molar-refractivity contribution >= 4 is 0 Å². The van der Waals surface area contributed by atoms with Gasteiger partial charge in [-0.25, -0.2) is 0 Å². The molecule has 3 N–H and O–H groups in total. The van der Waals surface area contributed by atoms with Gasteiger partial charge in [0.2, 0.25) is 0 Å². The minimum Gasteiger partial charge on any atom is -0.377 e. The van der Waals surface area contributed by atoms with E-state index in [9.17, 15) is 18.3 Å². The van der Waals surface area contributed by atoms with Gasteiger partial charge in [-0.1, -0.05) is 52.8 Å². The Kier molecular flexibility index (Phi) is 8.15. The summed E-state index contributed by atoms with van der Waals surface area (Å²) >= 11 is 0. The second kappa shape index (κ2) is 9.10. The molecule has 158 valence electrons. The number of aliphatic hydroxyl groups excluding tert-OH is 1. The van der Waals surface area contributed by atoms with Gasteiger partial charge in [0.05, 0.1) is 12.0 Å². The van der Waals surface area contributed by atoms with Crippen molar-refractivity contribution in [3.8, 4) is 0 Å². The fourth-order valence-corrected chi connectivity index (χ4v) is 3.55. The van der Waals surface area contributed by atoms with E-state index in [1.54, 1.807) is 19.2 Å². The molecule has 0 saturated heterocycles. The average molecular weight is 391 g/mol. The second-order valence-corrected chi connectivity index (χ2v) is 9.51. The summed E-state index contributed by atoms with van der Waals surface area (Å²) in [6.45, 7) is 12.3. The van der Waals surface area contributed by atoms with Crippen molar-refractivity contribution in [2.75, 3.05) is 7.05 Å². The van der Waals surface area contributed by atoms with E-state index < -0.39 is 29.8 Å². The Hall–Kier alpha value is -0.850. The molecule has 4 atom stereocenters. The standard InChI is InChI=1S/C21H37F3N2O/c1-14(11-12-19(2,3)4)26-18(27)17(25-7)20(5,6)15-9-8-10-16(13-15)21(22,23)24/h8-9,13-14,16-18,25-27H,10-12H2,1-7H3. The van der Waals surface area contributed by atoms with Gasteiger partial charge in [0, 0.05) is 11.5 Å². The third-order valence-electron chi connectivity index (χ3n) is 5.42. The highest BCUT2D eigenvalue weighted by atomic mass is 19.4. The predicted molar refractivity (Wildman–Crippen MR) is 105 cm³/mol. The summed E-state index contributed by atoms with van der Waals surface area (Å²) in [7, 11) is 1.73. The molecule has 27 heavy (non-hydrogen) atoms. The molecular weight excluding hydrogens is 353 g/mol. The van der Waals surface area contributed by atoms with E-state index >= 15 is 0 Å². The zero-order valence-electron chi connectivity index (χ0n) is 17.7. The minimum absolute atomic E-state index is 0.0298. The van der Waals surface area contributed by atoms with Crippen molar-refractivity contribution in [1.29, 1.82) is 0 Å². The van der Waals surface area contributed by atoms with Gasteiger partial charge >= 0.3 is 6.18 Å². The monoisotopic (exact) mass is 390 g/mol. The van der Waals surface area contributed by atoms with Gasteiger partial charge in [0.25, 0.3) is 0 Å². The lowest BCUT2D eigenvalue weighted by atomic mass is 9.73. The molecule has 0 spiro atoms. The number of aliphatic hydroxyl groups is 1. The number of nitrogens with one attached hydrogen (secondary N) is 2. The van der Waals surface area contributed by atoms with E-state index in [0.29, 0.717) is 5.57 Å². The van der Waals surface area contributed by atoms with Gasteiger partial charge in [-0.2, -0.15) is 13.2 Å². The van der Waals surface area contributed by atoms with Crippen LogP contribution < -0.4 is 10.6 Å². The Labute approximate surface area is 162 Å². The molecule has 0 aromatic rings. The first kappa shape index (κ1) is 24.2. The second-order valence-electron chi connectivity index (χ2n) is 9.51. The summed E-state index contributed by atoms with van der Waals surface area (Å²) in [4.78, 5) is 0. The minimum atomic E-state index is -4.25. The maximum absolute atomic E-state index is 13.1. The molecule has 0 amide bonds. The fourth-order valence-electron chi connectivity index (χ4n) is 3.55. The molecule has 0 saturated carbocycles. The molecule has 0 aromatic carbocycles. The van der Waals surface area contributed by atoms with Gasteiger partial charge < -0.3 is 10.4 Å². The highest BCUT2D eigenvalue weighted by Crippen LogP contribution is 2.40. The first-order valence-electron chi connectivity index (χ1n) is 9.75. The quantitative estimate of drug-likeness (QED) is 0.522. The normalized spacial score (nSPS) is 22.3. The van der Waals surface area contributed by atoms with Crippen molar-refractivity contribution in [3.63, 3.8) is 0 Å². The summed E-state index contributed by atoms with van der Waals surface area (Å²) in [5.41, 5.74) is 0.136. The van der Waals surface area contributed by atoms with Gasteiger partial charge in [-0.15, -0.1) is 0 Å². The Bertz CT molecular complexity index is 533. The lowest BCUT2D eigenvalue weighted by Gasteiger charge is -2.41. The molecule has 0 radical (unpaired) electrons. The Morgan fingerprint density at radius 3 is 2.26 bits per heavy atom. The number of halogens is 3. The number of likely N-dealkylation sites (N-methyl/N-ethyl adjacent to an activating group) is 1. The number of hydrogen-bond acceptors (Lipinski definition) is 3. The Morgan fingerprint density at radius 2 is 1.78 bits per heavy atom. The molecule has 1 rings (SSSR count). The zero-order chi connectivity index (χ0) is 21.0. The summed E-state index contributed by atoms with van der Waals surface area (Å²) in [5.74, 6) is -1.47. The SMILES string of the molecule is CNC(C(O)NC(C)CCC(C)(C)C)C(C)(C)C1=CC(C(F)(F)F)CC=C1. The van der Waals surface area contributed by atoms with Crippen molar-refractivity contribution < 1.29 is 18.3 Å². The van der Waals surface area contributed by atoms with Gasteiger partial charge in [-0.05, 0) is 44.2 Å². The fraction of sp³-hybridized carbons (Fsp3) is 0.810. The molecule has 0 aromatic heterocycles. The lowest BCUT2D eigenvalue weighted by molar-refractivity contribution is -0.160. The topological polar surface area (TPSA) is 44.3 Å². The summed E-state index contributed by atoms with van der Waals surface area (Å²) in [6, 6.07) is -0.331. The van der Waals surface area contributed by atoms with Crippen LogP contribution in [-0.4, -0.2) is 36.6 Å². The van der Waals surface area contributed by atoms with Gasteiger partial charge in [0.1, 0.15) is 6.23 Å². The Morgan fingerprint density at radius 1 is 1.19 bits per heavy atom. The van der Waals surface area contributed by atoms with Crippen LogP contribution in [0.4, 0.5) is 13.2 Å². The number of alkyl halides is 3. The molecule has 3 nitrogen and oxygen atoms in total. The third kappa shape index (κ3) is 7.24. The van der Waals surface area contributed by atoms with Crippen LogP contribution >= 0.6 is 0 Å². The van der Waals surface area contributed by atoms with E-state index in [1.165, 1.54) is 6.08 Å². The van der Waals surface area contributed by atoms with Crippen LogP contribution in [0, 0.1) is 16.7 Å². The molecular formula is C21H37F3N2O. The molecule has 4 unspecified atom stereocenters. The largest absolute Gasteiger partial charge is 0.395 e. The van der Waals surface area contributed by atoms with E-state index in [2.05, 4.69) is 31.4 Å². The summed E-state index contributed by atoms with van der Waals surface area (Å²) < 4.78 is 39.4. The maximum atomic E-state index is 13.1. The van der Waals surface area contributed by atoms with Gasteiger partial charge in [-0.3, -0.25) is 5.32 Å². The maximum Gasteiger partial charge on any atom is 0.395 e. The van der Waals surface area contributed by atoms with Crippen LogP contribution in [0.15, 0.2) is 23.8 Å². The molecule has 1 aliphatic carbocycles. The van der Waals surface area contributed by atoms with Crippen LogP contribution in [0.3, 0.4) is 0 Å². The van der Waals surface area contributed by atoms with Crippen molar-refractivity contribution in [2.45, 2.75) is 85.3 Å². The van der Waals surface area contributed by atoms with Crippen molar-refractivity contribution in [2.24, 2.45) is 16.7 Å². The highest BCUT2D eigenvalue weighted by Gasteiger charge is 2.42. The molecule has 0 heterocycles. The highest BCUT2D eigenvalue weighted by molar-refractivity contribution is 5.32. The van der Waals surface area contributed by atoms with Crippen LogP contribution in [0.1, 0.15) is 60.8 Å². The third-order valence-corrected chi connectivity index (χ3v) is 5.42. The first-order chi connectivity index (χ1) is 12.2. The average Bonchev–Trinajstić information content (AvgIpc) is 2.52. The van der Waals surface area contributed by atoms with Crippen LogP contribution in [0.25, 0.3) is 0 Å². The molecule has 0 fully saturated rings. The number of allylic oxidation sites excluding steroid dienone is 3.